The van der Waals surface area contributed by atoms with E-state index in [1.54, 1.807) is 0 Å². The fourth-order valence-corrected chi connectivity index (χ4v) is 3.06. The Hall–Kier alpha value is -0.940. The van der Waals surface area contributed by atoms with Crippen molar-refractivity contribution in [2.24, 2.45) is 5.92 Å². The van der Waals surface area contributed by atoms with Crippen LogP contribution in [0, 0.1) is 5.92 Å². The average molecular weight is 236 g/mol. The third kappa shape index (κ3) is 2.35. The third-order valence-electron chi connectivity index (χ3n) is 4.02. The Balaban J connectivity index is 1.46. The van der Waals surface area contributed by atoms with Crippen LogP contribution in [0.2, 0.25) is 0 Å². The van der Waals surface area contributed by atoms with Gasteiger partial charge in [-0.1, -0.05) is 18.1 Å². The second kappa shape index (κ2) is 4.74. The van der Waals surface area contributed by atoms with Gasteiger partial charge in [0.05, 0.1) is 12.8 Å². The number of nitrogens with zero attached hydrogens (tertiary/aromatic N) is 4. The quantitative estimate of drug-likeness (QED) is 0.833. The average Bonchev–Trinajstić information content (AvgIpc) is 2.94. The minimum Gasteiger partial charge on any atom is -0.390 e. The fourth-order valence-electron chi connectivity index (χ4n) is 3.06. The number of aliphatic hydroxyl groups is 1. The van der Waals surface area contributed by atoms with Gasteiger partial charge in [0.2, 0.25) is 0 Å². The zero-order valence-corrected chi connectivity index (χ0v) is 10.1. The second-order valence-corrected chi connectivity index (χ2v) is 5.35. The highest BCUT2D eigenvalue weighted by Gasteiger charge is 2.33. The topological polar surface area (TPSA) is 54.2 Å². The van der Waals surface area contributed by atoms with Crippen LogP contribution < -0.4 is 0 Å². The van der Waals surface area contributed by atoms with E-state index in [-0.39, 0.29) is 6.61 Å². The van der Waals surface area contributed by atoms with E-state index in [4.69, 9.17) is 5.11 Å². The highest BCUT2D eigenvalue weighted by molar-refractivity contribution is 4.91. The Morgan fingerprint density at radius 2 is 2.06 bits per heavy atom. The lowest BCUT2D eigenvalue weighted by atomic mass is 9.97. The lowest BCUT2D eigenvalue weighted by Crippen LogP contribution is -2.52. The van der Waals surface area contributed by atoms with Crippen LogP contribution in [0.3, 0.4) is 0 Å². The van der Waals surface area contributed by atoms with Crippen molar-refractivity contribution in [2.75, 3.05) is 13.1 Å². The summed E-state index contributed by atoms with van der Waals surface area (Å²) < 4.78 is 1.86. The highest BCUT2D eigenvalue weighted by Crippen LogP contribution is 2.29. The van der Waals surface area contributed by atoms with Gasteiger partial charge in [-0.3, -0.25) is 9.58 Å². The van der Waals surface area contributed by atoms with E-state index in [2.05, 4.69) is 15.2 Å². The molecule has 2 fully saturated rings. The summed E-state index contributed by atoms with van der Waals surface area (Å²) in [5.41, 5.74) is 0.664. The molecule has 17 heavy (non-hydrogen) atoms. The summed E-state index contributed by atoms with van der Waals surface area (Å²) in [5, 5.41) is 16.8. The first kappa shape index (κ1) is 11.2. The molecule has 0 aromatic carbocycles. The minimum absolute atomic E-state index is 0.0150. The smallest absolute Gasteiger partial charge is 0.108 e. The highest BCUT2D eigenvalue weighted by atomic mass is 16.3. The Kier molecular flexibility index (Phi) is 3.11. The van der Waals surface area contributed by atoms with E-state index in [0.717, 1.165) is 12.6 Å². The number of rotatable bonds is 4. The molecule has 0 unspecified atom stereocenters. The zero-order chi connectivity index (χ0) is 11.7. The molecule has 5 heteroatoms. The van der Waals surface area contributed by atoms with Gasteiger partial charge in [-0.15, -0.1) is 5.10 Å². The predicted octanol–water partition coefficient (Wildman–Crippen LogP) is 0.645. The number of aliphatic hydroxyl groups excluding tert-OH is 1. The molecule has 1 saturated carbocycles. The fraction of sp³-hybridized carbons (Fsp3) is 0.833. The van der Waals surface area contributed by atoms with Crippen molar-refractivity contribution >= 4 is 0 Å². The number of likely N-dealkylation sites (tertiary alicyclic amines) is 1. The number of hydrogen-bond acceptors (Lipinski definition) is 4. The van der Waals surface area contributed by atoms with Crippen LogP contribution in [-0.4, -0.2) is 44.1 Å². The first-order chi connectivity index (χ1) is 8.35. The standard InChI is InChI=1S/C12H20N4O/c17-9-11-8-16(14-13-11)7-10-5-15(6-10)12-3-1-2-4-12/h8,10,12,17H,1-7,9H2. The molecule has 0 spiro atoms. The lowest BCUT2D eigenvalue weighted by molar-refractivity contribution is 0.0435. The van der Waals surface area contributed by atoms with E-state index in [9.17, 15) is 0 Å². The Bertz CT molecular complexity index is 366. The van der Waals surface area contributed by atoms with Crippen LogP contribution in [-0.2, 0) is 13.2 Å². The molecule has 1 aliphatic carbocycles. The maximum atomic E-state index is 8.92. The molecule has 0 radical (unpaired) electrons. The molecule has 1 aromatic heterocycles. The van der Waals surface area contributed by atoms with E-state index in [1.165, 1.54) is 38.8 Å². The van der Waals surface area contributed by atoms with Gasteiger partial charge in [0.15, 0.2) is 0 Å². The molecule has 2 heterocycles. The molecule has 0 atom stereocenters. The summed E-state index contributed by atoms with van der Waals surface area (Å²) >= 11 is 0. The normalized spacial score (nSPS) is 23.1. The van der Waals surface area contributed by atoms with E-state index < -0.39 is 0 Å². The van der Waals surface area contributed by atoms with Gasteiger partial charge in [-0.25, -0.2) is 0 Å². The Morgan fingerprint density at radius 1 is 1.29 bits per heavy atom. The summed E-state index contributed by atoms with van der Waals surface area (Å²) in [6.07, 6.45) is 7.46. The molecule has 1 aliphatic heterocycles. The summed E-state index contributed by atoms with van der Waals surface area (Å²) in [7, 11) is 0. The van der Waals surface area contributed by atoms with Gasteiger partial charge >= 0.3 is 0 Å². The molecular weight excluding hydrogens is 216 g/mol. The molecule has 5 nitrogen and oxygen atoms in total. The van der Waals surface area contributed by atoms with E-state index in [1.807, 2.05) is 10.9 Å². The van der Waals surface area contributed by atoms with Crippen molar-refractivity contribution in [1.82, 2.24) is 19.9 Å². The largest absolute Gasteiger partial charge is 0.390 e. The summed E-state index contributed by atoms with van der Waals surface area (Å²) in [4.78, 5) is 2.61. The van der Waals surface area contributed by atoms with Crippen molar-refractivity contribution in [2.45, 2.75) is 44.9 Å². The zero-order valence-electron chi connectivity index (χ0n) is 10.1. The first-order valence-electron chi connectivity index (χ1n) is 6.59. The van der Waals surface area contributed by atoms with E-state index in [0.29, 0.717) is 11.6 Å². The molecule has 0 bridgehead atoms. The van der Waals surface area contributed by atoms with Crippen LogP contribution in [0.5, 0.6) is 0 Å². The molecule has 0 amide bonds. The van der Waals surface area contributed by atoms with Crippen molar-refractivity contribution in [3.8, 4) is 0 Å². The predicted molar refractivity (Wildman–Crippen MR) is 63.3 cm³/mol. The van der Waals surface area contributed by atoms with Crippen LogP contribution in [0.15, 0.2) is 6.20 Å². The summed E-state index contributed by atoms with van der Waals surface area (Å²) in [6.45, 7) is 3.34. The van der Waals surface area contributed by atoms with Gasteiger partial charge in [0.25, 0.3) is 0 Å². The van der Waals surface area contributed by atoms with Crippen molar-refractivity contribution < 1.29 is 5.11 Å². The minimum atomic E-state index is -0.0150. The third-order valence-corrected chi connectivity index (χ3v) is 4.02. The van der Waals surface area contributed by atoms with Crippen molar-refractivity contribution in [3.05, 3.63) is 11.9 Å². The van der Waals surface area contributed by atoms with Gasteiger partial charge in [-0.2, -0.15) is 0 Å². The number of hydrogen-bond donors (Lipinski definition) is 1. The molecule has 1 saturated heterocycles. The van der Waals surface area contributed by atoms with Gasteiger partial charge in [0.1, 0.15) is 5.69 Å². The first-order valence-corrected chi connectivity index (χ1v) is 6.59. The molecular formula is C12H20N4O. The van der Waals surface area contributed by atoms with Gasteiger partial charge in [-0.05, 0) is 12.8 Å². The SMILES string of the molecule is OCc1cn(CC2CN(C3CCCC3)C2)nn1. The number of aromatic nitrogens is 3. The van der Waals surface area contributed by atoms with Gasteiger partial charge in [0, 0.05) is 31.6 Å². The monoisotopic (exact) mass is 236 g/mol. The van der Waals surface area contributed by atoms with Crippen LogP contribution >= 0.6 is 0 Å². The van der Waals surface area contributed by atoms with Crippen molar-refractivity contribution in [1.29, 1.82) is 0 Å². The molecule has 2 aliphatic rings. The summed E-state index contributed by atoms with van der Waals surface area (Å²) in [5.74, 6) is 0.712. The molecule has 3 rings (SSSR count). The maximum absolute atomic E-state index is 8.92. The molecule has 1 aromatic rings. The molecule has 1 N–H and O–H groups in total. The van der Waals surface area contributed by atoms with E-state index >= 15 is 0 Å². The van der Waals surface area contributed by atoms with Crippen molar-refractivity contribution in [3.63, 3.8) is 0 Å². The van der Waals surface area contributed by atoms with Gasteiger partial charge < -0.3 is 5.11 Å². The van der Waals surface area contributed by atoms with Crippen LogP contribution in [0.25, 0.3) is 0 Å². The van der Waals surface area contributed by atoms with Crippen LogP contribution in [0.1, 0.15) is 31.4 Å². The Labute approximate surface area is 101 Å². The summed E-state index contributed by atoms with van der Waals surface area (Å²) in [6, 6.07) is 0.856. The molecule has 94 valence electrons. The Morgan fingerprint density at radius 3 is 2.71 bits per heavy atom. The van der Waals surface area contributed by atoms with Crippen LogP contribution in [0.4, 0.5) is 0 Å². The maximum Gasteiger partial charge on any atom is 0.108 e. The second-order valence-electron chi connectivity index (χ2n) is 5.35. The lowest BCUT2D eigenvalue weighted by Gasteiger charge is -2.43.